The zero-order chi connectivity index (χ0) is 22.1. The van der Waals surface area contributed by atoms with Crippen molar-refractivity contribution in [3.8, 4) is 0 Å². The van der Waals surface area contributed by atoms with Gasteiger partial charge in [0.2, 0.25) is 0 Å². The number of aliphatic hydroxyl groups is 1. The van der Waals surface area contributed by atoms with Crippen molar-refractivity contribution in [2.24, 2.45) is 0 Å². The van der Waals surface area contributed by atoms with Gasteiger partial charge in [-0.25, -0.2) is 0 Å². The molecule has 0 saturated carbocycles. The van der Waals surface area contributed by atoms with Crippen molar-refractivity contribution in [1.82, 2.24) is 14.7 Å². The Bertz CT molecular complexity index is 472. The molecule has 0 saturated heterocycles. The molecule has 0 heterocycles. The number of nitrogens with zero attached hydrogens (tertiary/aromatic N) is 3. The third-order valence-electron chi connectivity index (χ3n) is 3.35. The Kier molecular flexibility index (Phi) is 16.8. The van der Waals surface area contributed by atoms with E-state index in [4.69, 9.17) is 25.5 Å². The largest absolute Gasteiger partial charge is 0.480 e. The van der Waals surface area contributed by atoms with E-state index in [0.717, 1.165) is 0 Å². The van der Waals surface area contributed by atoms with Gasteiger partial charge in [-0.2, -0.15) is 0 Å². The Morgan fingerprint density at radius 1 is 0.571 bits per heavy atom. The van der Waals surface area contributed by atoms with Gasteiger partial charge in [-0.15, -0.1) is 0 Å². The molecule has 12 heteroatoms. The normalized spacial score (nSPS) is 10.6. The number of hydrogen-bond acceptors (Lipinski definition) is 8. The Labute approximate surface area is 163 Å². The molecule has 0 spiro atoms. The summed E-state index contributed by atoms with van der Waals surface area (Å²) in [6.07, 6.45) is 0. The minimum absolute atomic E-state index is 0.0664. The van der Waals surface area contributed by atoms with Gasteiger partial charge in [-0.3, -0.25) is 33.9 Å². The van der Waals surface area contributed by atoms with Crippen molar-refractivity contribution >= 4 is 23.9 Å². The first kappa shape index (κ1) is 27.9. The molecule has 0 radical (unpaired) electrons. The van der Waals surface area contributed by atoms with Gasteiger partial charge in [-0.05, 0) is 13.5 Å². The monoisotopic (exact) mass is 409 g/mol. The summed E-state index contributed by atoms with van der Waals surface area (Å²) in [7, 11) is 0. The fourth-order valence-corrected chi connectivity index (χ4v) is 2.16. The lowest BCUT2D eigenvalue weighted by atomic mass is 10.3. The van der Waals surface area contributed by atoms with Gasteiger partial charge in [-0.1, -0.05) is 6.92 Å². The minimum Gasteiger partial charge on any atom is -0.480 e. The number of aliphatic hydroxyl groups excluding tert-OH is 1. The average molecular weight is 409 g/mol. The van der Waals surface area contributed by atoms with Crippen LogP contribution in [0, 0.1) is 0 Å². The molecule has 0 aliphatic rings. The third kappa shape index (κ3) is 18.5. The van der Waals surface area contributed by atoms with Crippen LogP contribution in [0.2, 0.25) is 0 Å². The van der Waals surface area contributed by atoms with Gasteiger partial charge < -0.3 is 25.5 Å². The van der Waals surface area contributed by atoms with E-state index in [2.05, 4.69) is 0 Å². The third-order valence-corrected chi connectivity index (χ3v) is 3.35. The standard InChI is InChI=1S/C14H25N3O8.C2H6O/c1-2-15(7-11(18)19)3-4-16(8-12(20)21)5-6-17(9-13(22)23)10-14(24)25;1-2-3/h2-10H2,1H3,(H,18,19)(H,20,21)(H,22,23)(H,24,25);3H,2H2,1H3. The van der Waals surface area contributed by atoms with Crippen LogP contribution < -0.4 is 0 Å². The first-order valence-electron chi connectivity index (χ1n) is 8.70. The molecule has 0 aromatic heterocycles. The van der Waals surface area contributed by atoms with Gasteiger partial charge in [0, 0.05) is 32.8 Å². The van der Waals surface area contributed by atoms with Gasteiger partial charge in [0.15, 0.2) is 0 Å². The van der Waals surface area contributed by atoms with Crippen molar-refractivity contribution < 1.29 is 44.7 Å². The maximum Gasteiger partial charge on any atom is 0.317 e. The number of carboxylic acid groups (broad SMARTS) is 4. The zero-order valence-electron chi connectivity index (χ0n) is 16.3. The maximum atomic E-state index is 11.0. The molecular formula is C16H31N3O9. The van der Waals surface area contributed by atoms with E-state index in [1.807, 2.05) is 0 Å². The van der Waals surface area contributed by atoms with Crippen LogP contribution >= 0.6 is 0 Å². The van der Waals surface area contributed by atoms with Crippen LogP contribution in [0.25, 0.3) is 0 Å². The highest BCUT2D eigenvalue weighted by Gasteiger charge is 2.17. The van der Waals surface area contributed by atoms with Gasteiger partial charge in [0.05, 0.1) is 26.2 Å². The van der Waals surface area contributed by atoms with Gasteiger partial charge in [0.1, 0.15) is 0 Å². The molecule has 0 aliphatic heterocycles. The van der Waals surface area contributed by atoms with Crippen molar-refractivity contribution in [3.63, 3.8) is 0 Å². The maximum absolute atomic E-state index is 11.0. The van der Waals surface area contributed by atoms with Crippen LogP contribution in [0.15, 0.2) is 0 Å². The first-order chi connectivity index (χ1) is 13.0. The molecule has 0 rings (SSSR count). The Balaban J connectivity index is 0. The van der Waals surface area contributed by atoms with E-state index < -0.39 is 37.0 Å². The molecule has 0 aromatic rings. The lowest BCUT2D eigenvalue weighted by Crippen LogP contribution is -2.44. The van der Waals surface area contributed by atoms with Crippen molar-refractivity contribution in [2.45, 2.75) is 13.8 Å². The van der Waals surface area contributed by atoms with Crippen LogP contribution in [0.5, 0.6) is 0 Å². The highest BCUT2D eigenvalue weighted by atomic mass is 16.4. The Hall–Kier alpha value is -2.28. The summed E-state index contributed by atoms with van der Waals surface area (Å²) in [6.45, 7) is 3.61. The number of likely N-dealkylation sites (N-methyl/N-ethyl adjacent to an activating group) is 1. The Morgan fingerprint density at radius 3 is 1.14 bits per heavy atom. The minimum atomic E-state index is -1.18. The summed E-state index contributed by atoms with van der Waals surface area (Å²) in [6, 6.07) is 0. The van der Waals surface area contributed by atoms with E-state index in [0.29, 0.717) is 13.1 Å². The number of rotatable bonds is 15. The van der Waals surface area contributed by atoms with Crippen molar-refractivity contribution in [2.75, 3.05) is 65.5 Å². The van der Waals surface area contributed by atoms with Gasteiger partial charge >= 0.3 is 23.9 Å². The predicted octanol–water partition coefficient (Wildman–Crippen LogP) is -1.75. The number of carboxylic acids is 4. The average Bonchev–Trinajstić information content (AvgIpc) is 2.54. The molecule has 0 fully saturated rings. The predicted molar refractivity (Wildman–Crippen MR) is 98.3 cm³/mol. The van der Waals surface area contributed by atoms with E-state index in [9.17, 15) is 19.2 Å². The molecule has 0 aliphatic carbocycles. The smallest absolute Gasteiger partial charge is 0.317 e. The van der Waals surface area contributed by atoms with Crippen molar-refractivity contribution in [3.05, 3.63) is 0 Å². The molecule has 0 amide bonds. The number of hydrogen-bond donors (Lipinski definition) is 5. The summed E-state index contributed by atoms with van der Waals surface area (Å²) in [5.41, 5.74) is 0. The fourth-order valence-electron chi connectivity index (χ4n) is 2.16. The second-order valence-corrected chi connectivity index (χ2v) is 5.75. The van der Waals surface area contributed by atoms with Crippen LogP contribution in [-0.2, 0) is 19.2 Å². The molecule has 5 N–H and O–H groups in total. The molecule has 28 heavy (non-hydrogen) atoms. The van der Waals surface area contributed by atoms with E-state index >= 15 is 0 Å². The summed E-state index contributed by atoms with van der Waals surface area (Å²) >= 11 is 0. The quantitative estimate of drug-likeness (QED) is 0.206. The fraction of sp³-hybridized carbons (Fsp3) is 0.750. The molecule has 12 nitrogen and oxygen atoms in total. The molecule has 164 valence electrons. The highest BCUT2D eigenvalue weighted by Crippen LogP contribution is 1.96. The van der Waals surface area contributed by atoms with Crippen LogP contribution in [0.1, 0.15) is 13.8 Å². The van der Waals surface area contributed by atoms with Crippen LogP contribution in [-0.4, -0.2) is 130 Å². The van der Waals surface area contributed by atoms with Crippen LogP contribution in [0.4, 0.5) is 0 Å². The molecule has 0 aromatic carbocycles. The summed E-state index contributed by atoms with van der Waals surface area (Å²) in [5, 5.41) is 42.9. The highest BCUT2D eigenvalue weighted by molar-refractivity contribution is 5.72. The van der Waals surface area contributed by atoms with Crippen LogP contribution in [0.3, 0.4) is 0 Å². The summed E-state index contributed by atoms with van der Waals surface area (Å²) in [4.78, 5) is 47.6. The summed E-state index contributed by atoms with van der Waals surface area (Å²) < 4.78 is 0. The SMILES string of the molecule is CCN(CCN(CCN(CC(=O)O)CC(=O)O)CC(=O)O)CC(=O)O.CCO. The Morgan fingerprint density at radius 2 is 0.821 bits per heavy atom. The summed E-state index contributed by atoms with van der Waals surface area (Å²) in [5.74, 6) is -4.42. The lowest BCUT2D eigenvalue weighted by molar-refractivity contribution is -0.143. The van der Waals surface area contributed by atoms with E-state index in [1.165, 1.54) is 9.80 Å². The zero-order valence-corrected chi connectivity index (χ0v) is 16.3. The topological polar surface area (TPSA) is 179 Å². The molecule has 0 unspecified atom stereocenters. The molecule has 0 atom stereocenters. The molecular weight excluding hydrogens is 378 g/mol. The lowest BCUT2D eigenvalue weighted by Gasteiger charge is -2.27. The first-order valence-corrected chi connectivity index (χ1v) is 8.70. The molecule has 0 bridgehead atoms. The van der Waals surface area contributed by atoms with E-state index in [-0.39, 0.29) is 39.3 Å². The number of aliphatic carboxylic acids is 4. The van der Waals surface area contributed by atoms with Crippen molar-refractivity contribution in [1.29, 1.82) is 0 Å². The van der Waals surface area contributed by atoms with Gasteiger partial charge in [0.25, 0.3) is 0 Å². The second kappa shape index (κ2) is 16.9. The second-order valence-electron chi connectivity index (χ2n) is 5.75. The number of carbonyl (C=O) groups is 4. The van der Waals surface area contributed by atoms with E-state index in [1.54, 1.807) is 18.7 Å².